The second-order valence-electron chi connectivity index (χ2n) is 11.3. The van der Waals surface area contributed by atoms with Gasteiger partial charge in [0.15, 0.2) is 0 Å². The smallest absolute Gasteiger partial charge is 0.272 e. The van der Waals surface area contributed by atoms with E-state index in [4.69, 9.17) is 9.47 Å². The summed E-state index contributed by atoms with van der Waals surface area (Å²) in [5.74, 6) is -0.0350. The van der Waals surface area contributed by atoms with Crippen molar-refractivity contribution in [2.75, 3.05) is 24.9 Å². The van der Waals surface area contributed by atoms with Crippen molar-refractivity contribution in [1.82, 2.24) is 5.32 Å². The molecular weight excluding hydrogens is 647 g/mol. The summed E-state index contributed by atoms with van der Waals surface area (Å²) in [5.41, 5.74) is 5.30. The number of anilines is 2. The molecule has 0 saturated carbocycles. The van der Waals surface area contributed by atoms with Crippen LogP contribution >= 0.6 is 11.8 Å². The summed E-state index contributed by atoms with van der Waals surface area (Å²) in [4.78, 5) is 41.4. The minimum absolute atomic E-state index is 0.0178. The molecule has 0 aliphatic heterocycles. The standard InChI is InChI=1S/C41H39N3O5S/c1-5-28-18-12-13-27(2)37(28)44-41(47)38(29-14-8-6-9-15-29)50-34-23-20-32(21-24-34)42-40(46)35(43-39(45)30-16-10-7-11-17-30)25-31-19-22-33(48-3)26-36(31)49-4/h6-26,38H,5H2,1-4H3,(H,42,46)(H,43,45)(H,44,47)/b35-25-. The van der Waals surface area contributed by atoms with Gasteiger partial charge in [0, 0.05) is 33.5 Å². The Bertz CT molecular complexity index is 1980. The van der Waals surface area contributed by atoms with Crippen LogP contribution in [0.2, 0.25) is 0 Å². The number of carbonyl (C=O) groups excluding carboxylic acids is 3. The highest BCUT2D eigenvalue weighted by Crippen LogP contribution is 2.37. The largest absolute Gasteiger partial charge is 0.497 e. The number of hydrogen-bond donors (Lipinski definition) is 3. The van der Waals surface area contributed by atoms with Gasteiger partial charge in [0.2, 0.25) is 5.91 Å². The Kier molecular flexibility index (Phi) is 12.1. The van der Waals surface area contributed by atoms with Crippen LogP contribution in [0.1, 0.15) is 44.8 Å². The highest BCUT2D eigenvalue weighted by molar-refractivity contribution is 8.00. The van der Waals surface area contributed by atoms with E-state index in [2.05, 4.69) is 22.9 Å². The van der Waals surface area contributed by atoms with E-state index in [-0.39, 0.29) is 11.6 Å². The molecule has 0 bridgehead atoms. The maximum atomic E-state index is 13.8. The van der Waals surface area contributed by atoms with Crippen LogP contribution in [-0.2, 0) is 16.0 Å². The van der Waals surface area contributed by atoms with E-state index in [1.165, 1.54) is 18.9 Å². The van der Waals surface area contributed by atoms with E-state index in [1.807, 2.05) is 73.7 Å². The van der Waals surface area contributed by atoms with Crippen LogP contribution < -0.4 is 25.4 Å². The van der Waals surface area contributed by atoms with Crippen LogP contribution in [0.15, 0.2) is 132 Å². The zero-order valence-electron chi connectivity index (χ0n) is 28.4. The first-order chi connectivity index (χ1) is 24.3. The predicted octanol–water partition coefficient (Wildman–Crippen LogP) is 8.46. The molecule has 50 heavy (non-hydrogen) atoms. The fourth-order valence-electron chi connectivity index (χ4n) is 5.28. The van der Waals surface area contributed by atoms with Crippen molar-refractivity contribution in [2.45, 2.75) is 30.4 Å². The maximum Gasteiger partial charge on any atom is 0.272 e. The molecule has 0 heterocycles. The molecule has 0 saturated heterocycles. The quantitative estimate of drug-likeness (QED) is 0.0849. The second kappa shape index (κ2) is 17.0. The molecule has 0 aliphatic carbocycles. The normalized spacial score (nSPS) is 11.6. The van der Waals surface area contributed by atoms with Gasteiger partial charge in [0.05, 0.1) is 14.2 Å². The van der Waals surface area contributed by atoms with Crippen LogP contribution in [0, 0.1) is 6.92 Å². The van der Waals surface area contributed by atoms with Crippen LogP contribution in [0.3, 0.4) is 0 Å². The molecular formula is C41H39N3O5S. The van der Waals surface area contributed by atoms with Gasteiger partial charge in [-0.05, 0) is 84.6 Å². The summed E-state index contributed by atoms with van der Waals surface area (Å²) in [5, 5.41) is 8.31. The fraction of sp³-hybridized carbons (Fsp3) is 0.146. The average molecular weight is 686 g/mol. The molecule has 0 aromatic heterocycles. The molecule has 5 rings (SSSR count). The second-order valence-corrected chi connectivity index (χ2v) is 12.5. The van der Waals surface area contributed by atoms with Gasteiger partial charge >= 0.3 is 0 Å². The van der Waals surface area contributed by atoms with Gasteiger partial charge in [0.1, 0.15) is 22.4 Å². The third-order valence-corrected chi connectivity index (χ3v) is 9.23. The summed E-state index contributed by atoms with van der Waals surface area (Å²) in [6.45, 7) is 4.06. The molecule has 1 unspecified atom stereocenters. The zero-order valence-corrected chi connectivity index (χ0v) is 29.2. The van der Waals surface area contributed by atoms with Crippen molar-refractivity contribution in [3.8, 4) is 11.5 Å². The average Bonchev–Trinajstić information content (AvgIpc) is 3.15. The SMILES string of the molecule is CCc1cccc(C)c1NC(=O)C(Sc1ccc(NC(=O)/C(=C/c2ccc(OC)cc2OC)NC(=O)c2ccccc2)cc1)c1ccccc1. The van der Waals surface area contributed by atoms with Crippen molar-refractivity contribution >= 4 is 46.9 Å². The summed E-state index contributed by atoms with van der Waals surface area (Å²) in [6.07, 6.45) is 2.36. The van der Waals surface area contributed by atoms with Crippen molar-refractivity contribution in [3.63, 3.8) is 0 Å². The molecule has 0 aliphatic rings. The first-order valence-corrected chi connectivity index (χ1v) is 17.0. The van der Waals surface area contributed by atoms with E-state index >= 15 is 0 Å². The van der Waals surface area contributed by atoms with E-state index < -0.39 is 17.1 Å². The summed E-state index contributed by atoms with van der Waals surface area (Å²) in [7, 11) is 3.07. The summed E-state index contributed by atoms with van der Waals surface area (Å²) in [6, 6.07) is 36.7. The van der Waals surface area contributed by atoms with Crippen LogP contribution in [-0.4, -0.2) is 31.9 Å². The van der Waals surface area contributed by atoms with Gasteiger partial charge in [-0.1, -0.05) is 73.7 Å². The molecule has 3 N–H and O–H groups in total. The van der Waals surface area contributed by atoms with Crippen molar-refractivity contribution in [2.24, 2.45) is 0 Å². The Balaban J connectivity index is 1.37. The Hall–Kier alpha value is -5.80. The zero-order chi connectivity index (χ0) is 35.5. The number of aryl methyl sites for hydroxylation is 2. The lowest BCUT2D eigenvalue weighted by Crippen LogP contribution is -2.30. The molecule has 8 nitrogen and oxygen atoms in total. The van der Waals surface area contributed by atoms with Crippen molar-refractivity contribution in [3.05, 3.63) is 155 Å². The van der Waals surface area contributed by atoms with Crippen LogP contribution in [0.5, 0.6) is 11.5 Å². The van der Waals surface area contributed by atoms with E-state index in [9.17, 15) is 14.4 Å². The maximum absolute atomic E-state index is 13.8. The van der Waals surface area contributed by atoms with E-state index in [0.29, 0.717) is 28.3 Å². The molecule has 5 aromatic rings. The number of nitrogens with one attached hydrogen (secondary N) is 3. The number of methoxy groups -OCH3 is 2. The molecule has 3 amide bonds. The topological polar surface area (TPSA) is 106 Å². The number of benzene rings is 5. The van der Waals surface area contributed by atoms with Crippen LogP contribution in [0.25, 0.3) is 6.08 Å². The van der Waals surface area contributed by atoms with Gasteiger partial charge < -0.3 is 25.4 Å². The van der Waals surface area contributed by atoms with E-state index in [1.54, 1.807) is 67.8 Å². The number of para-hydroxylation sites is 1. The van der Waals surface area contributed by atoms with E-state index in [0.717, 1.165) is 33.7 Å². The highest BCUT2D eigenvalue weighted by atomic mass is 32.2. The first-order valence-electron chi connectivity index (χ1n) is 16.1. The molecule has 0 radical (unpaired) electrons. The highest BCUT2D eigenvalue weighted by Gasteiger charge is 2.24. The van der Waals surface area contributed by atoms with Gasteiger partial charge in [-0.15, -0.1) is 11.8 Å². The molecule has 5 aromatic carbocycles. The lowest BCUT2D eigenvalue weighted by Gasteiger charge is -2.20. The summed E-state index contributed by atoms with van der Waals surface area (Å²) < 4.78 is 10.8. The number of hydrogen-bond acceptors (Lipinski definition) is 6. The Morgan fingerprint density at radius 3 is 2.14 bits per heavy atom. The number of carbonyl (C=O) groups is 3. The number of rotatable bonds is 13. The van der Waals surface area contributed by atoms with Crippen molar-refractivity contribution in [1.29, 1.82) is 0 Å². The molecule has 0 spiro atoms. The van der Waals surface area contributed by atoms with Gasteiger partial charge in [-0.2, -0.15) is 0 Å². The number of amides is 3. The third-order valence-electron chi connectivity index (χ3n) is 7.96. The lowest BCUT2D eigenvalue weighted by atomic mass is 10.1. The van der Waals surface area contributed by atoms with Gasteiger partial charge in [-0.3, -0.25) is 14.4 Å². The molecule has 9 heteroatoms. The molecule has 254 valence electrons. The summed E-state index contributed by atoms with van der Waals surface area (Å²) >= 11 is 1.42. The Labute approximate surface area is 296 Å². The number of ether oxygens (including phenoxy) is 2. The first kappa shape index (κ1) is 35.5. The van der Waals surface area contributed by atoms with Crippen LogP contribution in [0.4, 0.5) is 11.4 Å². The monoisotopic (exact) mass is 685 g/mol. The predicted molar refractivity (Wildman–Crippen MR) is 201 cm³/mol. The molecule has 0 fully saturated rings. The fourth-order valence-corrected chi connectivity index (χ4v) is 6.30. The molecule has 1 atom stereocenters. The van der Waals surface area contributed by atoms with Crippen molar-refractivity contribution < 1.29 is 23.9 Å². The van der Waals surface area contributed by atoms with Gasteiger partial charge in [0.25, 0.3) is 11.8 Å². The minimum atomic E-state index is -0.529. The lowest BCUT2D eigenvalue weighted by molar-refractivity contribution is -0.116. The van der Waals surface area contributed by atoms with Gasteiger partial charge in [-0.25, -0.2) is 0 Å². The minimum Gasteiger partial charge on any atom is -0.497 e. The Morgan fingerprint density at radius 2 is 1.48 bits per heavy atom. The number of thioether (sulfide) groups is 1. The Morgan fingerprint density at radius 1 is 0.780 bits per heavy atom. The third kappa shape index (κ3) is 9.00.